The number of ether oxygens (including phenoxy) is 1. The summed E-state index contributed by atoms with van der Waals surface area (Å²) in [5.74, 6) is -0.341. The van der Waals surface area contributed by atoms with Crippen molar-refractivity contribution < 1.29 is 14.5 Å². The SMILES string of the molecule is CC(NC(=O)c1ccc(N2CCOCC2)c([N+](=O)[O-])c1)c1cccc2ccccc12. The molecule has 1 amide bonds. The predicted octanol–water partition coefficient (Wildman–Crippen LogP) is 4.08. The highest BCUT2D eigenvalue weighted by Gasteiger charge is 2.24. The number of nitro groups is 1. The van der Waals surface area contributed by atoms with E-state index in [-0.39, 0.29) is 23.2 Å². The van der Waals surface area contributed by atoms with E-state index in [4.69, 9.17) is 4.74 Å². The van der Waals surface area contributed by atoms with Gasteiger partial charge in [-0.2, -0.15) is 0 Å². The Morgan fingerprint density at radius 2 is 1.83 bits per heavy atom. The van der Waals surface area contributed by atoms with Crippen molar-refractivity contribution >= 4 is 28.1 Å². The average Bonchev–Trinajstić information content (AvgIpc) is 2.78. The number of hydrogen-bond acceptors (Lipinski definition) is 5. The van der Waals surface area contributed by atoms with Crippen molar-refractivity contribution in [2.24, 2.45) is 0 Å². The normalized spacial score (nSPS) is 15.0. The summed E-state index contributed by atoms with van der Waals surface area (Å²) < 4.78 is 5.32. The van der Waals surface area contributed by atoms with Gasteiger partial charge < -0.3 is 15.0 Å². The number of benzene rings is 3. The molecule has 7 nitrogen and oxygen atoms in total. The summed E-state index contributed by atoms with van der Waals surface area (Å²) in [7, 11) is 0. The number of morpholine rings is 1. The molecule has 1 fully saturated rings. The second kappa shape index (κ2) is 8.51. The van der Waals surface area contributed by atoms with Crippen LogP contribution >= 0.6 is 0 Å². The molecule has 0 saturated carbocycles. The van der Waals surface area contributed by atoms with Crippen molar-refractivity contribution in [3.05, 3.63) is 81.9 Å². The van der Waals surface area contributed by atoms with Crippen LogP contribution in [-0.4, -0.2) is 37.1 Å². The van der Waals surface area contributed by atoms with Crippen molar-refractivity contribution in [2.45, 2.75) is 13.0 Å². The van der Waals surface area contributed by atoms with Gasteiger partial charge >= 0.3 is 0 Å². The average molecular weight is 405 g/mol. The number of rotatable bonds is 5. The van der Waals surface area contributed by atoms with Gasteiger partial charge in [0.15, 0.2) is 0 Å². The van der Waals surface area contributed by atoms with Gasteiger partial charge in [0, 0.05) is 24.7 Å². The van der Waals surface area contributed by atoms with Crippen LogP contribution in [0.5, 0.6) is 0 Å². The molecule has 7 heteroatoms. The van der Waals surface area contributed by atoms with E-state index in [0.29, 0.717) is 32.0 Å². The first-order chi connectivity index (χ1) is 14.5. The van der Waals surface area contributed by atoms with Gasteiger partial charge in [0.25, 0.3) is 11.6 Å². The number of nitrogens with zero attached hydrogens (tertiary/aromatic N) is 2. The maximum atomic E-state index is 12.9. The molecule has 0 spiro atoms. The maximum Gasteiger partial charge on any atom is 0.293 e. The summed E-state index contributed by atoms with van der Waals surface area (Å²) >= 11 is 0. The molecule has 3 aromatic rings. The lowest BCUT2D eigenvalue weighted by Crippen LogP contribution is -2.36. The molecule has 1 saturated heterocycles. The first-order valence-electron chi connectivity index (χ1n) is 9.94. The van der Waals surface area contributed by atoms with E-state index in [0.717, 1.165) is 16.3 Å². The van der Waals surface area contributed by atoms with Gasteiger partial charge in [0.2, 0.25) is 0 Å². The molecule has 0 radical (unpaired) electrons. The number of nitro benzene ring substituents is 1. The molecular formula is C23H23N3O4. The fraction of sp³-hybridized carbons (Fsp3) is 0.261. The van der Waals surface area contributed by atoms with Crippen molar-refractivity contribution in [2.75, 3.05) is 31.2 Å². The Bertz CT molecular complexity index is 1090. The molecule has 1 heterocycles. The lowest BCUT2D eigenvalue weighted by Gasteiger charge is -2.28. The molecule has 0 aliphatic carbocycles. The summed E-state index contributed by atoms with van der Waals surface area (Å²) in [4.78, 5) is 26.0. The van der Waals surface area contributed by atoms with Crippen molar-refractivity contribution in [1.82, 2.24) is 5.32 Å². The molecule has 4 rings (SSSR count). The molecule has 1 aliphatic rings. The van der Waals surface area contributed by atoms with Crippen LogP contribution in [0.2, 0.25) is 0 Å². The maximum absolute atomic E-state index is 12.9. The Morgan fingerprint density at radius 1 is 1.10 bits per heavy atom. The lowest BCUT2D eigenvalue weighted by atomic mass is 9.99. The minimum absolute atomic E-state index is 0.0673. The van der Waals surface area contributed by atoms with Crippen LogP contribution in [0.1, 0.15) is 28.9 Å². The predicted molar refractivity (Wildman–Crippen MR) is 116 cm³/mol. The minimum atomic E-state index is -0.435. The number of anilines is 1. The third-order valence-electron chi connectivity index (χ3n) is 5.42. The van der Waals surface area contributed by atoms with E-state index in [9.17, 15) is 14.9 Å². The van der Waals surface area contributed by atoms with Gasteiger partial charge in [0.05, 0.1) is 24.2 Å². The highest BCUT2D eigenvalue weighted by Crippen LogP contribution is 2.30. The van der Waals surface area contributed by atoms with Gasteiger partial charge in [-0.05, 0) is 35.4 Å². The van der Waals surface area contributed by atoms with Crippen LogP contribution in [-0.2, 0) is 4.74 Å². The smallest absolute Gasteiger partial charge is 0.293 e. The third kappa shape index (κ3) is 3.97. The summed E-state index contributed by atoms with van der Waals surface area (Å²) in [6.45, 7) is 4.15. The van der Waals surface area contributed by atoms with E-state index in [1.165, 1.54) is 6.07 Å². The summed E-state index contributed by atoms with van der Waals surface area (Å²) in [5, 5.41) is 16.8. The molecule has 0 bridgehead atoms. The van der Waals surface area contributed by atoms with E-state index < -0.39 is 4.92 Å². The summed E-state index contributed by atoms with van der Waals surface area (Å²) in [5.41, 5.74) is 1.72. The molecule has 1 aliphatic heterocycles. The van der Waals surface area contributed by atoms with Crippen molar-refractivity contribution in [3.8, 4) is 0 Å². The van der Waals surface area contributed by atoms with E-state index in [1.807, 2.05) is 54.3 Å². The Labute approximate surface area is 174 Å². The van der Waals surface area contributed by atoms with Crippen LogP contribution < -0.4 is 10.2 Å². The minimum Gasteiger partial charge on any atom is -0.378 e. The van der Waals surface area contributed by atoms with Crippen LogP contribution in [0.4, 0.5) is 11.4 Å². The second-order valence-corrected chi connectivity index (χ2v) is 7.32. The van der Waals surface area contributed by atoms with Gasteiger partial charge in [-0.25, -0.2) is 0 Å². The number of fused-ring (bicyclic) bond motifs is 1. The summed E-state index contributed by atoms with van der Waals surface area (Å²) in [6, 6.07) is 18.4. The van der Waals surface area contributed by atoms with Crippen molar-refractivity contribution in [1.29, 1.82) is 0 Å². The van der Waals surface area contributed by atoms with Gasteiger partial charge in [-0.3, -0.25) is 14.9 Å². The zero-order valence-electron chi connectivity index (χ0n) is 16.7. The largest absolute Gasteiger partial charge is 0.378 e. The number of carbonyl (C=O) groups is 1. The van der Waals surface area contributed by atoms with E-state index >= 15 is 0 Å². The zero-order chi connectivity index (χ0) is 21.1. The molecule has 1 atom stereocenters. The monoisotopic (exact) mass is 405 g/mol. The zero-order valence-corrected chi connectivity index (χ0v) is 16.7. The molecule has 1 N–H and O–H groups in total. The standard InChI is InChI=1S/C23H23N3O4/c1-16(19-8-4-6-17-5-2-3-7-20(17)19)24-23(27)18-9-10-21(22(15-18)26(28)29)25-11-13-30-14-12-25/h2-10,15-16H,11-14H2,1H3,(H,24,27). The molecule has 1 unspecified atom stereocenters. The van der Waals surface area contributed by atoms with Crippen LogP contribution in [0.15, 0.2) is 60.7 Å². The molecule has 154 valence electrons. The number of amides is 1. The highest BCUT2D eigenvalue weighted by molar-refractivity contribution is 5.96. The summed E-state index contributed by atoms with van der Waals surface area (Å²) in [6.07, 6.45) is 0. The van der Waals surface area contributed by atoms with Crippen LogP contribution in [0, 0.1) is 10.1 Å². The number of carbonyl (C=O) groups excluding carboxylic acids is 1. The molecule has 0 aromatic heterocycles. The highest BCUT2D eigenvalue weighted by atomic mass is 16.6. The number of hydrogen-bond donors (Lipinski definition) is 1. The van der Waals surface area contributed by atoms with Gasteiger partial charge in [-0.1, -0.05) is 42.5 Å². The molecule has 3 aromatic carbocycles. The Kier molecular flexibility index (Phi) is 5.63. The molecular weight excluding hydrogens is 382 g/mol. The van der Waals surface area contributed by atoms with Gasteiger partial charge in [-0.15, -0.1) is 0 Å². The van der Waals surface area contributed by atoms with Crippen LogP contribution in [0.25, 0.3) is 10.8 Å². The Balaban J connectivity index is 1.58. The fourth-order valence-electron chi connectivity index (χ4n) is 3.87. The quantitative estimate of drug-likeness (QED) is 0.511. The van der Waals surface area contributed by atoms with Crippen LogP contribution in [0.3, 0.4) is 0 Å². The first-order valence-corrected chi connectivity index (χ1v) is 9.94. The topological polar surface area (TPSA) is 84.7 Å². The Hall–Kier alpha value is -3.45. The number of nitrogens with one attached hydrogen (secondary N) is 1. The molecule has 30 heavy (non-hydrogen) atoms. The Morgan fingerprint density at radius 3 is 2.60 bits per heavy atom. The third-order valence-corrected chi connectivity index (χ3v) is 5.42. The van der Waals surface area contributed by atoms with Gasteiger partial charge in [0.1, 0.15) is 5.69 Å². The lowest BCUT2D eigenvalue weighted by molar-refractivity contribution is -0.384. The van der Waals surface area contributed by atoms with E-state index in [2.05, 4.69) is 5.32 Å². The first kappa shape index (κ1) is 19.8. The van der Waals surface area contributed by atoms with E-state index in [1.54, 1.807) is 12.1 Å². The second-order valence-electron chi connectivity index (χ2n) is 7.32. The van der Waals surface area contributed by atoms with Crippen molar-refractivity contribution in [3.63, 3.8) is 0 Å². The fourth-order valence-corrected chi connectivity index (χ4v) is 3.87.